The Morgan fingerprint density at radius 3 is 2.75 bits per heavy atom. The number of hydrogen-bond donors (Lipinski definition) is 0. The molecular weight excluding hydrogens is 362 g/mol. The third kappa shape index (κ3) is 3.58. The van der Waals surface area contributed by atoms with E-state index in [1.807, 2.05) is 26.8 Å². The molecule has 1 saturated heterocycles. The molecule has 0 saturated carbocycles. The van der Waals surface area contributed by atoms with Crippen LogP contribution in [0.2, 0.25) is 0 Å². The monoisotopic (exact) mass is 387 g/mol. The molecule has 150 valence electrons. The maximum Gasteiger partial charge on any atom is 0.336 e. The lowest BCUT2D eigenvalue weighted by atomic mass is 9.92. The van der Waals surface area contributed by atoms with E-state index in [1.54, 1.807) is 4.90 Å². The van der Waals surface area contributed by atoms with Crippen molar-refractivity contribution in [2.24, 2.45) is 0 Å². The third-order valence-corrected chi connectivity index (χ3v) is 5.32. The molecule has 0 atom stereocenters. The highest BCUT2D eigenvalue weighted by atomic mass is 16.5. The van der Waals surface area contributed by atoms with Crippen molar-refractivity contribution in [3.63, 3.8) is 0 Å². The number of aryl methyl sites for hydroxylation is 2. The van der Waals surface area contributed by atoms with Crippen molar-refractivity contribution in [2.75, 3.05) is 32.9 Å². The number of hydrogen-bond acceptors (Lipinski definition) is 6. The van der Waals surface area contributed by atoms with Gasteiger partial charge in [-0.1, -0.05) is 0 Å². The Kier molecular flexibility index (Phi) is 4.79. The molecule has 4 rings (SSSR count). The summed E-state index contributed by atoms with van der Waals surface area (Å²) in [5, 5.41) is 0.719. The van der Waals surface area contributed by atoms with Gasteiger partial charge < -0.3 is 23.5 Å². The molecule has 7 nitrogen and oxygen atoms in total. The van der Waals surface area contributed by atoms with Crippen LogP contribution in [0, 0.1) is 6.92 Å². The van der Waals surface area contributed by atoms with Gasteiger partial charge in [0.25, 0.3) is 5.91 Å². The largest absolute Gasteiger partial charge is 0.487 e. The molecule has 0 N–H and O–H groups in total. The van der Waals surface area contributed by atoms with Crippen LogP contribution in [0.5, 0.6) is 11.5 Å². The Labute approximate surface area is 163 Å². The highest BCUT2D eigenvalue weighted by Gasteiger charge is 2.30. The minimum Gasteiger partial charge on any atom is -0.487 e. The maximum atomic E-state index is 12.5. The summed E-state index contributed by atoms with van der Waals surface area (Å²) in [5.74, 6) is 1.05. The number of ether oxygens (including phenoxy) is 3. The quantitative estimate of drug-likeness (QED) is 0.753. The minimum atomic E-state index is -0.404. The number of benzene rings is 1. The topological polar surface area (TPSA) is 78.2 Å². The van der Waals surface area contributed by atoms with Crippen molar-refractivity contribution in [2.45, 2.75) is 39.2 Å². The molecule has 7 heteroatoms. The van der Waals surface area contributed by atoms with Gasteiger partial charge in [-0.3, -0.25) is 4.79 Å². The summed E-state index contributed by atoms with van der Waals surface area (Å²) in [7, 11) is 0. The SMILES string of the molecule is Cc1cc(=O)oc2c3c(cc(OCC(=O)N4CCOCC4)c12)OC(C)(C)CC3. The second-order valence-electron chi connectivity index (χ2n) is 7.95. The molecule has 0 spiro atoms. The Hall–Kier alpha value is -2.54. The van der Waals surface area contributed by atoms with Gasteiger partial charge in [-0.05, 0) is 39.2 Å². The number of amides is 1. The first-order valence-electron chi connectivity index (χ1n) is 9.62. The lowest BCUT2D eigenvalue weighted by Crippen LogP contribution is -2.43. The first kappa shape index (κ1) is 18.8. The van der Waals surface area contributed by atoms with Gasteiger partial charge in [0, 0.05) is 30.8 Å². The Bertz CT molecular complexity index is 971. The highest BCUT2D eigenvalue weighted by Crippen LogP contribution is 2.42. The molecule has 0 bridgehead atoms. The Morgan fingerprint density at radius 2 is 2.00 bits per heavy atom. The molecule has 0 radical (unpaired) electrons. The minimum absolute atomic E-state index is 0.0875. The molecule has 1 aromatic carbocycles. The fourth-order valence-corrected chi connectivity index (χ4v) is 3.78. The summed E-state index contributed by atoms with van der Waals surface area (Å²) in [4.78, 5) is 26.2. The van der Waals surface area contributed by atoms with Crippen LogP contribution in [0.4, 0.5) is 0 Å². The van der Waals surface area contributed by atoms with E-state index < -0.39 is 5.63 Å². The number of morpholine rings is 1. The summed E-state index contributed by atoms with van der Waals surface area (Å²) in [5.41, 5.74) is 1.41. The van der Waals surface area contributed by atoms with Gasteiger partial charge in [0.05, 0.1) is 18.6 Å². The van der Waals surface area contributed by atoms with Crippen LogP contribution in [0.15, 0.2) is 21.3 Å². The van der Waals surface area contributed by atoms with Gasteiger partial charge in [0.2, 0.25) is 0 Å². The standard InChI is InChI=1S/C21H25NO6/c1-13-10-18(24)27-20-14-4-5-21(2,3)28-15(14)11-16(19(13)20)26-12-17(23)22-6-8-25-9-7-22/h10-11H,4-9,12H2,1-3H3. The number of fused-ring (bicyclic) bond motifs is 3. The second kappa shape index (κ2) is 7.13. The van der Waals surface area contributed by atoms with Gasteiger partial charge in [-0.25, -0.2) is 4.79 Å². The predicted octanol–water partition coefficient (Wildman–Crippen LogP) is 2.44. The first-order valence-corrected chi connectivity index (χ1v) is 9.62. The summed E-state index contributed by atoms with van der Waals surface area (Å²) in [6, 6.07) is 3.26. The first-order chi connectivity index (χ1) is 13.3. The number of carbonyl (C=O) groups excluding carboxylic acids is 1. The van der Waals surface area contributed by atoms with E-state index in [4.69, 9.17) is 18.6 Å². The normalized spacial score (nSPS) is 18.5. The van der Waals surface area contributed by atoms with Crippen molar-refractivity contribution < 1.29 is 23.4 Å². The summed E-state index contributed by atoms with van der Waals surface area (Å²) < 4.78 is 22.9. The number of carbonyl (C=O) groups is 1. The van der Waals surface area contributed by atoms with Gasteiger partial charge in [0.1, 0.15) is 22.7 Å². The van der Waals surface area contributed by atoms with E-state index in [1.165, 1.54) is 6.07 Å². The molecule has 2 aliphatic heterocycles. The van der Waals surface area contributed by atoms with E-state index in [-0.39, 0.29) is 18.1 Å². The summed E-state index contributed by atoms with van der Waals surface area (Å²) in [6.45, 7) is 8.02. The average molecular weight is 387 g/mol. The maximum absolute atomic E-state index is 12.5. The third-order valence-electron chi connectivity index (χ3n) is 5.32. The smallest absolute Gasteiger partial charge is 0.336 e. The zero-order valence-electron chi connectivity index (χ0n) is 16.5. The average Bonchev–Trinajstić information content (AvgIpc) is 2.65. The van der Waals surface area contributed by atoms with Crippen LogP contribution in [0.3, 0.4) is 0 Å². The highest BCUT2D eigenvalue weighted by molar-refractivity contribution is 5.91. The van der Waals surface area contributed by atoms with Crippen LogP contribution >= 0.6 is 0 Å². The lowest BCUT2D eigenvalue weighted by Gasteiger charge is -2.33. The molecule has 28 heavy (non-hydrogen) atoms. The van der Waals surface area contributed by atoms with Crippen molar-refractivity contribution in [3.05, 3.63) is 33.7 Å². The van der Waals surface area contributed by atoms with Crippen molar-refractivity contribution >= 4 is 16.9 Å². The number of rotatable bonds is 3. The second-order valence-corrected chi connectivity index (χ2v) is 7.95. The van der Waals surface area contributed by atoms with Crippen LogP contribution in [0.1, 0.15) is 31.4 Å². The fourth-order valence-electron chi connectivity index (χ4n) is 3.78. The molecule has 1 amide bonds. The van der Waals surface area contributed by atoms with Gasteiger partial charge in [-0.2, -0.15) is 0 Å². The van der Waals surface area contributed by atoms with E-state index in [9.17, 15) is 9.59 Å². The van der Waals surface area contributed by atoms with Crippen LogP contribution in [-0.4, -0.2) is 49.3 Å². The predicted molar refractivity (Wildman–Crippen MR) is 103 cm³/mol. The molecule has 0 aliphatic carbocycles. The van der Waals surface area contributed by atoms with E-state index in [2.05, 4.69) is 0 Å². The van der Waals surface area contributed by atoms with E-state index >= 15 is 0 Å². The number of nitrogens with zero attached hydrogens (tertiary/aromatic N) is 1. The van der Waals surface area contributed by atoms with Crippen LogP contribution < -0.4 is 15.1 Å². The Morgan fingerprint density at radius 1 is 1.25 bits per heavy atom. The zero-order chi connectivity index (χ0) is 19.9. The Balaban J connectivity index is 1.71. The molecule has 3 heterocycles. The van der Waals surface area contributed by atoms with E-state index in [0.29, 0.717) is 43.4 Å². The summed E-state index contributed by atoms with van der Waals surface area (Å²) >= 11 is 0. The van der Waals surface area contributed by atoms with Crippen LogP contribution in [-0.2, 0) is 16.0 Å². The molecule has 1 aromatic heterocycles. The zero-order valence-corrected chi connectivity index (χ0v) is 16.5. The molecule has 0 unspecified atom stereocenters. The van der Waals surface area contributed by atoms with Crippen molar-refractivity contribution in [3.8, 4) is 11.5 Å². The van der Waals surface area contributed by atoms with Crippen molar-refractivity contribution in [1.29, 1.82) is 0 Å². The summed E-state index contributed by atoms with van der Waals surface area (Å²) in [6.07, 6.45) is 1.57. The van der Waals surface area contributed by atoms with E-state index in [0.717, 1.165) is 29.4 Å². The fraction of sp³-hybridized carbons (Fsp3) is 0.524. The van der Waals surface area contributed by atoms with Crippen molar-refractivity contribution in [1.82, 2.24) is 4.90 Å². The molecule has 2 aromatic rings. The van der Waals surface area contributed by atoms with Crippen LogP contribution in [0.25, 0.3) is 11.0 Å². The lowest BCUT2D eigenvalue weighted by molar-refractivity contribution is -0.137. The van der Waals surface area contributed by atoms with Gasteiger partial charge in [0.15, 0.2) is 6.61 Å². The molecule has 1 fully saturated rings. The van der Waals surface area contributed by atoms with Gasteiger partial charge in [-0.15, -0.1) is 0 Å². The molecule has 2 aliphatic rings. The molecular formula is C21H25NO6. The van der Waals surface area contributed by atoms with Gasteiger partial charge >= 0.3 is 5.63 Å².